The summed E-state index contributed by atoms with van der Waals surface area (Å²) in [5.41, 5.74) is 7.99. The number of likely N-dealkylation sites (tertiary alicyclic amines) is 1. The van der Waals surface area contributed by atoms with E-state index >= 15 is 0 Å². The lowest BCUT2D eigenvalue weighted by Gasteiger charge is -2.33. The SMILES string of the molecule is CS(=O)(=O)NCC(=O)N1CCC[C@@H](c2nc(N)ncc2-c2ccc(F)cc2)C1. The number of hydrogen-bond donors (Lipinski definition) is 2. The van der Waals surface area contributed by atoms with Crippen molar-refractivity contribution >= 4 is 21.9 Å². The van der Waals surface area contributed by atoms with Gasteiger partial charge in [0.05, 0.1) is 18.5 Å². The van der Waals surface area contributed by atoms with Crippen LogP contribution in [-0.4, -0.2) is 55.1 Å². The minimum atomic E-state index is -3.44. The van der Waals surface area contributed by atoms with E-state index in [1.54, 1.807) is 23.2 Å². The van der Waals surface area contributed by atoms with Gasteiger partial charge in [-0.15, -0.1) is 0 Å². The molecule has 0 bridgehead atoms. The maximum atomic E-state index is 13.3. The Morgan fingerprint density at radius 2 is 2.07 bits per heavy atom. The van der Waals surface area contributed by atoms with Crippen LogP contribution < -0.4 is 10.5 Å². The van der Waals surface area contributed by atoms with Crippen LogP contribution in [0.2, 0.25) is 0 Å². The Morgan fingerprint density at radius 3 is 2.75 bits per heavy atom. The molecule has 0 unspecified atom stereocenters. The lowest BCUT2D eigenvalue weighted by molar-refractivity contribution is -0.131. The second-order valence-electron chi connectivity index (χ2n) is 6.81. The van der Waals surface area contributed by atoms with E-state index in [9.17, 15) is 17.6 Å². The zero-order chi connectivity index (χ0) is 20.3. The van der Waals surface area contributed by atoms with Crippen LogP contribution in [-0.2, 0) is 14.8 Å². The largest absolute Gasteiger partial charge is 0.368 e. The number of nitrogens with one attached hydrogen (secondary N) is 1. The van der Waals surface area contributed by atoms with Crippen LogP contribution in [0.25, 0.3) is 11.1 Å². The van der Waals surface area contributed by atoms with Crippen molar-refractivity contribution in [2.45, 2.75) is 18.8 Å². The molecule has 0 aliphatic carbocycles. The molecule has 1 aliphatic rings. The highest BCUT2D eigenvalue weighted by Gasteiger charge is 2.28. The van der Waals surface area contributed by atoms with Crippen molar-refractivity contribution in [1.29, 1.82) is 0 Å². The predicted molar refractivity (Wildman–Crippen MR) is 103 cm³/mol. The van der Waals surface area contributed by atoms with Crippen molar-refractivity contribution in [1.82, 2.24) is 19.6 Å². The van der Waals surface area contributed by atoms with Crippen molar-refractivity contribution in [2.75, 3.05) is 31.6 Å². The van der Waals surface area contributed by atoms with Crippen LogP contribution in [0.15, 0.2) is 30.5 Å². The molecule has 2 heterocycles. The second-order valence-corrected chi connectivity index (χ2v) is 8.64. The van der Waals surface area contributed by atoms with Crippen molar-refractivity contribution in [3.05, 3.63) is 42.0 Å². The molecule has 8 nitrogen and oxygen atoms in total. The van der Waals surface area contributed by atoms with Crippen LogP contribution in [0, 0.1) is 5.82 Å². The number of aromatic nitrogens is 2. The van der Waals surface area contributed by atoms with Gasteiger partial charge < -0.3 is 10.6 Å². The number of nitrogens with two attached hydrogens (primary N) is 1. The molecule has 1 aromatic carbocycles. The van der Waals surface area contributed by atoms with Crippen LogP contribution in [0.3, 0.4) is 0 Å². The quantitative estimate of drug-likeness (QED) is 0.767. The van der Waals surface area contributed by atoms with E-state index in [1.165, 1.54) is 12.1 Å². The molecule has 1 aliphatic heterocycles. The van der Waals surface area contributed by atoms with Gasteiger partial charge in [-0.1, -0.05) is 12.1 Å². The standard InChI is InChI=1S/C18H22FN5O3S/c1-28(26,27)22-10-16(25)24-8-2-3-13(11-24)17-15(9-21-18(20)23-17)12-4-6-14(19)7-5-12/h4-7,9,13,22H,2-3,8,10-11H2,1H3,(H2,20,21,23)/t13-/m1/s1. The van der Waals surface area contributed by atoms with E-state index in [1.807, 2.05) is 0 Å². The third kappa shape index (κ3) is 5.02. The number of nitrogens with zero attached hydrogens (tertiary/aromatic N) is 3. The van der Waals surface area contributed by atoms with Gasteiger partial charge in [-0.2, -0.15) is 0 Å². The molecule has 1 atom stereocenters. The average Bonchev–Trinajstić information content (AvgIpc) is 2.66. The first-order valence-corrected chi connectivity index (χ1v) is 10.7. The van der Waals surface area contributed by atoms with E-state index in [0.717, 1.165) is 30.2 Å². The Bertz CT molecular complexity index is 966. The maximum absolute atomic E-state index is 13.3. The second kappa shape index (κ2) is 8.19. The summed E-state index contributed by atoms with van der Waals surface area (Å²) >= 11 is 0. The molecule has 10 heteroatoms. The van der Waals surface area contributed by atoms with Crippen molar-refractivity contribution < 1.29 is 17.6 Å². The number of carbonyl (C=O) groups is 1. The van der Waals surface area contributed by atoms with Gasteiger partial charge in [-0.25, -0.2) is 27.5 Å². The fourth-order valence-electron chi connectivity index (χ4n) is 3.30. The van der Waals surface area contributed by atoms with Gasteiger partial charge >= 0.3 is 0 Å². The van der Waals surface area contributed by atoms with E-state index in [4.69, 9.17) is 5.73 Å². The molecule has 3 N–H and O–H groups in total. The molecule has 0 spiro atoms. The number of hydrogen-bond acceptors (Lipinski definition) is 6. The normalized spacial score (nSPS) is 17.5. The van der Waals surface area contributed by atoms with Crippen molar-refractivity contribution in [2.24, 2.45) is 0 Å². The highest BCUT2D eigenvalue weighted by Crippen LogP contribution is 2.33. The van der Waals surface area contributed by atoms with E-state index < -0.39 is 10.0 Å². The molecule has 0 radical (unpaired) electrons. The summed E-state index contributed by atoms with van der Waals surface area (Å²) in [5.74, 6) is -0.584. The van der Waals surface area contributed by atoms with E-state index in [-0.39, 0.29) is 30.1 Å². The first-order valence-electron chi connectivity index (χ1n) is 8.83. The van der Waals surface area contributed by atoms with E-state index in [2.05, 4.69) is 14.7 Å². The number of nitrogen functional groups attached to an aromatic ring is 1. The minimum Gasteiger partial charge on any atom is -0.368 e. The lowest BCUT2D eigenvalue weighted by atomic mass is 9.90. The zero-order valence-corrected chi connectivity index (χ0v) is 16.2. The van der Waals surface area contributed by atoms with E-state index in [0.29, 0.717) is 18.8 Å². The number of sulfonamides is 1. The Hall–Kier alpha value is -2.59. The first-order chi connectivity index (χ1) is 13.2. The fraction of sp³-hybridized carbons (Fsp3) is 0.389. The molecule has 1 aromatic heterocycles. The molecule has 28 heavy (non-hydrogen) atoms. The Kier molecular flexibility index (Phi) is 5.90. The van der Waals surface area contributed by atoms with Gasteiger partial charge in [-0.05, 0) is 30.5 Å². The summed E-state index contributed by atoms with van der Waals surface area (Å²) in [6, 6.07) is 6.02. The Balaban J connectivity index is 1.83. The van der Waals surface area contributed by atoms with Crippen molar-refractivity contribution in [3.8, 4) is 11.1 Å². The van der Waals surface area contributed by atoms with Gasteiger partial charge in [-0.3, -0.25) is 4.79 Å². The first kappa shape index (κ1) is 20.2. The average molecular weight is 407 g/mol. The highest BCUT2D eigenvalue weighted by molar-refractivity contribution is 7.88. The lowest BCUT2D eigenvalue weighted by Crippen LogP contribution is -2.44. The minimum absolute atomic E-state index is 0.0821. The third-order valence-electron chi connectivity index (χ3n) is 4.64. The molecule has 1 fully saturated rings. The Morgan fingerprint density at radius 1 is 1.36 bits per heavy atom. The van der Waals surface area contributed by atoms with Crippen molar-refractivity contribution in [3.63, 3.8) is 0 Å². The zero-order valence-electron chi connectivity index (χ0n) is 15.4. The number of halogens is 1. The van der Waals surface area contributed by atoms with Gasteiger partial charge in [0.1, 0.15) is 5.82 Å². The van der Waals surface area contributed by atoms with Crippen LogP contribution in [0.5, 0.6) is 0 Å². The summed E-state index contributed by atoms with van der Waals surface area (Å²) in [6.45, 7) is 0.671. The molecule has 0 saturated carbocycles. The fourth-order valence-corrected chi connectivity index (χ4v) is 3.69. The van der Waals surface area contributed by atoms with Gasteiger partial charge in [0.15, 0.2) is 0 Å². The number of amides is 1. The molecule has 2 aromatic rings. The van der Waals surface area contributed by atoms with Crippen LogP contribution in [0.4, 0.5) is 10.3 Å². The smallest absolute Gasteiger partial charge is 0.237 e. The van der Waals surface area contributed by atoms with Gasteiger partial charge in [0.2, 0.25) is 21.9 Å². The molecule has 3 rings (SSSR count). The number of piperidine rings is 1. The number of rotatable bonds is 5. The summed E-state index contributed by atoms with van der Waals surface area (Å²) in [5, 5.41) is 0. The molecule has 1 saturated heterocycles. The predicted octanol–water partition coefficient (Wildman–Crippen LogP) is 1.12. The Labute approximate surface area is 163 Å². The van der Waals surface area contributed by atoms with Gasteiger partial charge in [0.25, 0.3) is 0 Å². The third-order valence-corrected chi connectivity index (χ3v) is 5.31. The molecular formula is C18H22FN5O3S. The van der Waals surface area contributed by atoms with Crippen LogP contribution >= 0.6 is 0 Å². The number of anilines is 1. The summed E-state index contributed by atoms with van der Waals surface area (Å²) < 4.78 is 38.0. The summed E-state index contributed by atoms with van der Waals surface area (Å²) in [7, 11) is -3.44. The summed E-state index contributed by atoms with van der Waals surface area (Å²) in [6.07, 6.45) is 4.17. The molecule has 1 amide bonds. The van der Waals surface area contributed by atoms with Gasteiger partial charge in [0, 0.05) is 30.8 Å². The monoisotopic (exact) mass is 407 g/mol. The topological polar surface area (TPSA) is 118 Å². The molecule has 150 valence electrons. The highest BCUT2D eigenvalue weighted by atomic mass is 32.2. The summed E-state index contributed by atoms with van der Waals surface area (Å²) in [4.78, 5) is 22.5. The number of benzene rings is 1. The molecular weight excluding hydrogens is 385 g/mol. The number of carbonyl (C=O) groups excluding carboxylic acids is 1. The van der Waals surface area contributed by atoms with Crippen LogP contribution in [0.1, 0.15) is 24.5 Å². The maximum Gasteiger partial charge on any atom is 0.237 e.